The van der Waals surface area contributed by atoms with Gasteiger partial charge >= 0.3 is 5.97 Å². The van der Waals surface area contributed by atoms with Crippen LogP contribution in [0.4, 0.5) is 10.2 Å². The van der Waals surface area contributed by atoms with E-state index in [1.807, 2.05) is 0 Å². The molecular formula is C19H19ClFN5O3. The van der Waals surface area contributed by atoms with Gasteiger partial charge in [0.05, 0.1) is 23.2 Å². The third kappa shape index (κ3) is 4.15. The Morgan fingerprint density at radius 1 is 1.41 bits per heavy atom. The van der Waals surface area contributed by atoms with E-state index in [1.165, 1.54) is 6.20 Å². The van der Waals surface area contributed by atoms with Gasteiger partial charge < -0.3 is 20.5 Å². The number of carboxylic acid groups (broad SMARTS) is 1. The van der Waals surface area contributed by atoms with Crippen molar-refractivity contribution in [1.82, 2.24) is 19.9 Å². The highest BCUT2D eigenvalue weighted by molar-refractivity contribution is 6.31. The second-order valence-corrected chi connectivity index (χ2v) is 7.81. The first-order valence-corrected chi connectivity index (χ1v) is 9.57. The quantitative estimate of drug-likeness (QED) is 0.499. The number of halogens is 2. The molecule has 4 N–H and O–H groups in total. The molecule has 3 aromatic rings. The van der Waals surface area contributed by atoms with E-state index in [1.54, 1.807) is 12.3 Å². The van der Waals surface area contributed by atoms with Crippen LogP contribution in [0.3, 0.4) is 0 Å². The van der Waals surface area contributed by atoms with Gasteiger partial charge in [0, 0.05) is 29.4 Å². The SMILES string of the molecule is O=C(O)C[C@]1(O)CCC[C@H](Nc2nc(-c3c[nH]c4ncc(Cl)cc34)ncc2F)C1. The fourth-order valence-corrected chi connectivity index (χ4v) is 4.02. The van der Waals surface area contributed by atoms with Crippen molar-refractivity contribution in [3.8, 4) is 11.4 Å². The van der Waals surface area contributed by atoms with Gasteiger partial charge in [0.15, 0.2) is 17.5 Å². The Morgan fingerprint density at radius 2 is 2.24 bits per heavy atom. The van der Waals surface area contributed by atoms with Gasteiger partial charge in [-0.05, 0) is 31.7 Å². The molecule has 0 saturated heterocycles. The number of rotatable bonds is 5. The van der Waals surface area contributed by atoms with E-state index in [9.17, 15) is 14.3 Å². The third-order valence-electron chi connectivity index (χ3n) is 5.12. The number of carboxylic acids is 1. The van der Waals surface area contributed by atoms with Crippen molar-refractivity contribution in [2.24, 2.45) is 0 Å². The van der Waals surface area contributed by atoms with E-state index < -0.39 is 17.4 Å². The van der Waals surface area contributed by atoms with Gasteiger partial charge in [-0.25, -0.2) is 19.3 Å². The first kappa shape index (κ1) is 19.5. The normalized spacial score (nSPS) is 22.0. The summed E-state index contributed by atoms with van der Waals surface area (Å²) in [5.74, 6) is -1.39. The Labute approximate surface area is 170 Å². The Kier molecular flexibility index (Phi) is 5.10. The standard InChI is InChI=1S/C19H19ClFN5O3/c20-10-4-12-13(8-23-16(12)22-7-10)17-24-9-14(21)18(26-17)25-11-2-1-3-19(29,5-11)6-15(27)28/h4,7-9,11,29H,1-3,5-6H2,(H,22,23)(H,27,28)(H,24,25,26)/t11-,19-/m0/s1. The third-order valence-corrected chi connectivity index (χ3v) is 5.33. The van der Waals surface area contributed by atoms with E-state index in [-0.39, 0.29) is 24.7 Å². The minimum absolute atomic E-state index is 0.00362. The van der Waals surface area contributed by atoms with Crippen LogP contribution in [0.25, 0.3) is 22.4 Å². The molecule has 2 atom stereocenters. The highest BCUT2D eigenvalue weighted by Crippen LogP contribution is 2.33. The number of aliphatic carboxylic acids is 1. The molecule has 0 amide bonds. The van der Waals surface area contributed by atoms with Gasteiger partial charge in [-0.2, -0.15) is 0 Å². The second kappa shape index (κ2) is 7.57. The van der Waals surface area contributed by atoms with Crippen molar-refractivity contribution in [3.63, 3.8) is 0 Å². The number of aliphatic hydroxyl groups is 1. The van der Waals surface area contributed by atoms with Gasteiger partial charge in [0.1, 0.15) is 5.65 Å². The number of anilines is 1. The number of nitrogens with zero attached hydrogens (tertiary/aromatic N) is 3. The zero-order valence-electron chi connectivity index (χ0n) is 15.3. The van der Waals surface area contributed by atoms with Crippen LogP contribution in [-0.2, 0) is 4.79 Å². The largest absolute Gasteiger partial charge is 0.481 e. The van der Waals surface area contributed by atoms with E-state index in [4.69, 9.17) is 16.7 Å². The van der Waals surface area contributed by atoms with E-state index >= 15 is 0 Å². The molecule has 8 nitrogen and oxygen atoms in total. The highest BCUT2D eigenvalue weighted by Gasteiger charge is 2.36. The number of carbonyl (C=O) groups is 1. The lowest BCUT2D eigenvalue weighted by Gasteiger charge is -2.36. The Hall–Kier alpha value is -2.78. The number of aromatic amines is 1. The molecule has 3 aromatic heterocycles. The molecule has 10 heteroatoms. The van der Waals surface area contributed by atoms with Crippen LogP contribution >= 0.6 is 11.6 Å². The molecule has 0 radical (unpaired) electrons. The first-order valence-electron chi connectivity index (χ1n) is 9.19. The van der Waals surface area contributed by atoms with E-state index in [2.05, 4.69) is 25.3 Å². The highest BCUT2D eigenvalue weighted by atomic mass is 35.5. The lowest BCUT2D eigenvalue weighted by Crippen LogP contribution is -2.42. The minimum Gasteiger partial charge on any atom is -0.481 e. The average molecular weight is 420 g/mol. The van der Waals surface area contributed by atoms with Crippen LogP contribution in [0.5, 0.6) is 0 Å². The molecule has 29 heavy (non-hydrogen) atoms. The minimum atomic E-state index is -1.31. The molecule has 0 spiro atoms. The smallest absolute Gasteiger partial charge is 0.306 e. The van der Waals surface area contributed by atoms with Crippen LogP contribution in [0.15, 0.2) is 24.7 Å². The second-order valence-electron chi connectivity index (χ2n) is 7.37. The fourth-order valence-electron chi connectivity index (χ4n) is 3.86. The van der Waals surface area contributed by atoms with Crippen LogP contribution in [-0.4, -0.2) is 47.8 Å². The topological polar surface area (TPSA) is 124 Å². The zero-order valence-corrected chi connectivity index (χ0v) is 16.1. The predicted molar refractivity (Wildman–Crippen MR) is 105 cm³/mol. The molecule has 152 valence electrons. The summed E-state index contributed by atoms with van der Waals surface area (Å²) < 4.78 is 14.4. The summed E-state index contributed by atoms with van der Waals surface area (Å²) in [4.78, 5) is 26.6. The Bertz CT molecular complexity index is 1080. The molecule has 3 heterocycles. The van der Waals surface area contributed by atoms with Gasteiger partial charge in [-0.3, -0.25) is 4.79 Å². The summed E-state index contributed by atoms with van der Waals surface area (Å²) in [7, 11) is 0. The average Bonchev–Trinajstić information content (AvgIpc) is 3.05. The lowest BCUT2D eigenvalue weighted by atomic mass is 9.80. The van der Waals surface area contributed by atoms with Crippen LogP contribution in [0.2, 0.25) is 5.02 Å². The molecule has 0 aromatic carbocycles. The van der Waals surface area contributed by atoms with Crippen molar-refractivity contribution in [1.29, 1.82) is 0 Å². The molecule has 1 fully saturated rings. The van der Waals surface area contributed by atoms with Gasteiger partial charge in [0.25, 0.3) is 0 Å². The zero-order chi connectivity index (χ0) is 20.6. The predicted octanol–water partition coefficient (Wildman–Crippen LogP) is 3.37. The summed E-state index contributed by atoms with van der Waals surface area (Å²) in [6.07, 6.45) is 5.84. The van der Waals surface area contributed by atoms with Crippen molar-refractivity contribution >= 4 is 34.4 Å². The van der Waals surface area contributed by atoms with Gasteiger partial charge in [0.2, 0.25) is 0 Å². The number of hydrogen-bond acceptors (Lipinski definition) is 6. The first-order chi connectivity index (χ1) is 13.8. The fraction of sp³-hybridized carbons (Fsp3) is 0.368. The van der Waals surface area contributed by atoms with Crippen molar-refractivity contribution < 1.29 is 19.4 Å². The molecule has 4 rings (SSSR count). The maximum atomic E-state index is 14.4. The summed E-state index contributed by atoms with van der Waals surface area (Å²) >= 11 is 6.03. The van der Waals surface area contributed by atoms with E-state index in [0.29, 0.717) is 46.7 Å². The van der Waals surface area contributed by atoms with E-state index in [0.717, 1.165) is 6.20 Å². The summed E-state index contributed by atoms with van der Waals surface area (Å²) in [6.45, 7) is 0. The number of H-pyrrole nitrogens is 1. The van der Waals surface area contributed by atoms with Crippen LogP contribution < -0.4 is 5.32 Å². The molecule has 1 aliphatic carbocycles. The number of pyridine rings is 1. The van der Waals surface area contributed by atoms with Gasteiger partial charge in [-0.15, -0.1) is 0 Å². The summed E-state index contributed by atoms with van der Waals surface area (Å²) in [5.41, 5.74) is -0.0743. The number of fused-ring (bicyclic) bond motifs is 1. The molecule has 1 aliphatic rings. The molecule has 0 unspecified atom stereocenters. The summed E-state index contributed by atoms with van der Waals surface area (Å²) in [5, 5.41) is 23.7. The molecule has 0 bridgehead atoms. The Morgan fingerprint density at radius 3 is 3.03 bits per heavy atom. The lowest BCUT2D eigenvalue weighted by molar-refractivity contribution is -0.143. The molecule has 0 aliphatic heterocycles. The number of aromatic nitrogens is 4. The maximum absolute atomic E-state index is 14.4. The van der Waals surface area contributed by atoms with Crippen molar-refractivity contribution in [2.75, 3.05) is 5.32 Å². The van der Waals surface area contributed by atoms with Crippen molar-refractivity contribution in [3.05, 3.63) is 35.5 Å². The Balaban J connectivity index is 1.60. The van der Waals surface area contributed by atoms with Crippen LogP contribution in [0, 0.1) is 5.82 Å². The van der Waals surface area contributed by atoms with Gasteiger partial charge in [-0.1, -0.05) is 11.6 Å². The van der Waals surface area contributed by atoms with Crippen LogP contribution in [0.1, 0.15) is 32.1 Å². The summed E-state index contributed by atoms with van der Waals surface area (Å²) in [6, 6.07) is 1.42. The number of hydrogen-bond donors (Lipinski definition) is 4. The number of nitrogens with one attached hydrogen (secondary N) is 2. The maximum Gasteiger partial charge on any atom is 0.306 e. The molecule has 1 saturated carbocycles. The molecular weight excluding hydrogens is 401 g/mol. The van der Waals surface area contributed by atoms with Crippen molar-refractivity contribution in [2.45, 2.75) is 43.7 Å². The monoisotopic (exact) mass is 419 g/mol.